The molecule has 0 aliphatic carbocycles. The molecule has 1 aliphatic rings. The molecular formula is C11H18N2OS. The predicted molar refractivity (Wildman–Crippen MR) is 62.3 cm³/mol. The van der Waals surface area contributed by atoms with Crippen LogP contribution in [0.5, 0.6) is 0 Å². The van der Waals surface area contributed by atoms with Crippen LogP contribution in [-0.2, 0) is 11.3 Å². The van der Waals surface area contributed by atoms with Crippen molar-refractivity contribution in [1.29, 1.82) is 0 Å². The Morgan fingerprint density at radius 2 is 2.20 bits per heavy atom. The molecule has 1 aromatic heterocycles. The standard InChI is InChI=1S/C11H18N2OS/c1-9(2)11-7-10(12-15-11)8-13-3-5-14-6-4-13/h7,9H,3-6,8H2,1-2H3. The summed E-state index contributed by atoms with van der Waals surface area (Å²) in [6, 6.07) is 2.24. The molecule has 1 aliphatic heterocycles. The molecule has 0 unspecified atom stereocenters. The zero-order chi connectivity index (χ0) is 10.7. The van der Waals surface area contributed by atoms with E-state index in [0.717, 1.165) is 32.8 Å². The van der Waals surface area contributed by atoms with Gasteiger partial charge in [0.15, 0.2) is 0 Å². The molecule has 0 bridgehead atoms. The lowest BCUT2D eigenvalue weighted by atomic mass is 10.2. The van der Waals surface area contributed by atoms with E-state index in [1.807, 2.05) is 0 Å². The topological polar surface area (TPSA) is 25.4 Å². The Labute approximate surface area is 95.2 Å². The number of aromatic nitrogens is 1. The lowest BCUT2D eigenvalue weighted by Crippen LogP contribution is -2.35. The molecule has 15 heavy (non-hydrogen) atoms. The zero-order valence-electron chi connectivity index (χ0n) is 9.40. The SMILES string of the molecule is CC(C)c1cc(CN2CCOCC2)ns1. The fraction of sp³-hybridized carbons (Fsp3) is 0.727. The Balaban J connectivity index is 1.91. The molecule has 0 spiro atoms. The Hall–Kier alpha value is -0.450. The second-order valence-corrected chi connectivity index (χ2v) is 5.10. The Kier molecular flexibility index (Phi) is 3.72. The number of rotatable bonds is 3. The Bertz CT molecular complexity index is 305. The minimum absolute atomic E-state index is 0.598. The van der Waals surface area contributed by atoms with Crippen molar-refractivity contribution in [1.82, 2.24) is 9.27 Å². The van der Waals surface area contributed by atoms with Gasteiger partial charge in [0.2, 0.25) is 0 Å². The van der Waals surface area contributed by atoms with E-state index >= 15 is 0 Å². The van der Waals surface area contributed by atoms with E-state index in [0.29, 0.717) is 5.92 Å². The van der Waals surface area contributed by atoms with Crippen molar-refractivity contribution in [3.63, 3.8) is 0 Å². The Morgan fingerprint density at radius 3 is 2.80 bits per heavy atom. The summed E-state index contributed by atoms with van der Waals surface area (Å²) < 4.78 is 9.81. The second-order valence-electron chi connectivity index (χ2n) is 4.26. The third-order valence-electron chi connectivity index (χ3n) is 2.64. The Morgan fingerprint density at radius 1 is 1.47 bits per heavy atom. The van der Waals surface area contributed by atoms with Gasteiger partial charge >= 0.3 is 0 Å². The molecule has 3 nitrogen and oxygen atoms in total. The lowest BCUT2D eigenvalue weighted by Gasteiger charge is -2.25. The van der Waals surface area contributed by atoms with Gasteiger partial charge in [0.1, 0.15) is 0 Å². The van der Waals surface area contributed by atoms with Gasteiger partial charge in [-0.2, -0.15) is 4.37 Å². The molecule has 0 atom stereocenters. The second kappa shape index (κ2) is 5.05. The summed E-state index contributed by atoms with van der Waals surface area (Å²) in [6.45, 7) is 9.20. The summed E-state index contributed by atoms with van der Waals surface area (Å²) in [6.07, 6.45) is 0. The van der Waals surface area contributed by atoms with Gasteiger partial charge in [0.05, 0.1) is 18.9 Å². The van der Waals surface area contributed by atoms with Crippen molar-refractivity contribution in [2.75, 3.05) is 26.3 Å². The highest BCUT2D eigenvalue weighted by Crippen LogP contribution is 2.20. The maximum atomic E-state index is 5.32. The van der Waals surface area contributed by atoms with E-state index in [4.69, 9.17) is 4.74 Å². The van der Waals surface area contributed by atoms with Crippen molar-refractivity contribution in [3.05, 3.63) is 16.6 Å². The van der Waals surface area contributed by atoms with E-state index in [-0.39, 0.29) is 0 Å². The van der Waals surface area contributed by atoms with Crippen molar-refractivity contribution < 1.29 is 4.74 Å². The first-order valence-corrected chi connectivity index (χ1v) is 6.28. The summed E-state index contributed by atoms with van der Waals surface area (Å²) >= 11 is 1.64. The lowest BCUT2D eigenvalue weighted by molar-refractivity contribution is 0.0337. The van der Waals surface area contributed by atoms with Crippen molar-refractivity contribution >= 4 is 11.5 Å². The molecule has 1 saturated heterocycles. The van der Waals surface area contributed by atoms with Crippen LogP contribution in [0.1, 0.15) is 30.3 Å². The maximum Gasteiger partial charge on any atom is 0.0685 e. The summed E-state index contributed by atoms with van der Waals surface area (Å²) in [5.74, 6) is 0.598. The van der Waals surface area contributed by atoms with Crippen molar-refractivity contribution in [3.8, 4) is 0 Å². The largest absolute Gasteiger partial charge is 0.379 e. The molecule has 1 aromatic rings. The van der Waals surface area contributed by atoms with Crippen molar-refractivity contribution in [2.24, 2.45) is 0 Å². The predicted octanol–water partition coefficient (Wildman–Crippen LogP) is 2.10. The molecule has 0 amide bonds. The van der Waals surface area contributed by atoms with Crippen LogP contribution in [0.3, 0.4) is 0 Å². The van der Waals surface area contributed by atoms with E-state index in [9.17, 15) is 0 Å². The van der Waals surface area contributed by atoms with Gasteiger partial charge in [-0.15, -0.1) is 0 Å². The first-order chi connectivity index (χ1) is 7.25. The van der Waals surface area contributed by atoms with E-state index < -0.39 is 0 Å². The van der Waals surface area contributed by atoms with Gasteiger partial charge in [-0.05, 0) is 23.5 Å². The van der Waals surface area contributed by atoms with Crippen LogP contribution in [0.25, 0.3) is 0 Å². The van der Waals surface area contributed by atoms with Crippen LogP contribution >= 0.6 is 11.5 Å². The monoisotopic (exact) mass is 226 g/mol. The summed E-state index contributed by atoms with van der Waals surface area (Å²) in [5.41, 5.74) is 1.21. The molecule has 1 fully saturated rings. The van der Waals surface area contributed by atoms with E-state index in [1.54, 1.807) is 11.5 Å². The van der Waals surface area contributed by atoms with Crippen LogP contribution in [0, 0.1) is 0 Å². The number of ether oxygens (including phenoxy) is 1. The number of hydrogen-bond donors (Lipinski definition) is 0. The average molecular weight is 226 g/mol. The fourth-order valence-electron chi connectivity index (χ4n) is 1.66. The highest BCUT2D eigenvalue weighted by atomic mass is 32.1. The van der Waals surface area contributed by atoms with Gasteiger partial charge in [0.25, 0.3) is 0 Å². The fourth-order valence-corrected chi connectivity index (χ4v) is 2.40. The van der Waals surface area contributed by atoms with Crippen LogP contribution in [-0.4, -0.2) is 35.6 Å². The first-order valence-electron chi connectivity index (χ1n) is 5.51. The van der Waals surface area contributed by atoms with Crippen molar-refractivity contribution in [2.45, 2.75) is 26.3 Å². The van der Waals surface area contributed by atoms with Gasteiger partial charge < -0.3 is 4.74 Å². The van der Waals surface area contributed by atoms with E-state index in [1.165, 1.54) is 10.6 Å². The third-order valence-corrected chi connectivity index (χ3v) is 3.76. The third kappa shape index (κ3) is 3.00. The van der Waals surface area contributed by atoms with Crippen LogP contribution in [0.15, 0.2) is 6.07 Å². The summed E-state index contributed by atoms with van der Waals surface area (Å²) in [5, 5.41) is 0. The molecule has 2 heterocycles. The highest BCUT2D eigenvalue weighted by molar-refractivity contribution is 7.05. The summed E-state index contributed by atoms with van der Waals surface area (Å²) in [4.78, 5) is 3.79. The molecule has 0 aromatic carbocycles. The first kappa shape index (κ1) is 11.0. The molecule has 4 heteroatoms. The number of nitrogens with zero attached hydrogens (tertiary/aromatic N) is 2. The molecular weight excluding hydrogens is 208 g/mol. The minimum Gasteiger partial charge on any atom is -0.379 e. The smallest absolute Gasteiger partial charge is 0.0685 e. The normalized spacial score (nSPS) is 18.6. The van der Waals surface area contributed by atoms with Gasteiger partial charge in [0, 0.05) is 24.5 Å². The molecule has 2 rings (SSSR count). The zero-order valence-corrected chi connectivity index (χ0v) is 10.2. The van der Waals surface area contributed by atoms with Crippen LogP contribution < -0.4 is 0 Å². The minimum atomic E-state index is 0.598. The maximum absolute atomic E-state index is 5.32. The molecule has 0 radical (unpaired) electrons. The highest BCUT2D eigenvalue weighted by Gasteiger charge is 2.13. The van der Waals surface area contributed by atoms with Crippen LogP contribution in [0.2, 0.25) is 0 Å². The number of morpholine rings is 1. The van der Waals surface area contributed by atoms with Gasteiger partial charge in [-0.1, -0.05) is 13.8 Å². The average Bonchev–Trinajstić information content (AvgIpc) is 2.68. The van der Waals surface area contributed by atoms with E-state index in [2.05, 4.69) is 29.2 Å². The molecule has 0 saturated carbocycles. The molecule has 0 N–H and O–H groups in total. The quantitative estimate of drug-likeness (QED) is 0.789. The van der Waals surface area contributed by atoms with Crippen LogP contribution in [0.4, 0.5) is 0 Å². The molecule has 84 valence electrons. The van der Waals surface area contributed by atoms with Gasteiger partial charge in [-0.25, -0.2) is 0 Å². The summed E-state index contributed by atoms with van der Waals surface area (Å²) in [7, 11) is 0. The van der Waals surface area contributed by atoms with Gasteiger partial charge in [-0.3, -0.25) is 4.90 Å². The number of hydrogen-bond acceptors (Lipinski definition) is 4.